The van der Waals surface area contributed by atoms with Gasteiger partial charge in [-0.15, -0.1) is 0 Å². The van der Waals surface area contributed by atoms with Gasteiger partial charge in [0.2, 0.25) is 5.91 Å². The third kappa shape index (κ3) is 4.14. The highest BCUT2D eigenvalue weighted by Gasteiger charge is 2.33. The molecule has 0 spiro atoms. The van der Waals surface area contributed by atoms with Crippen LogP contribution >= 0.6 is 0 Å². The van der Waals surface area contributed by atoms with Gasteiger partial charge >= 0.3 is 0 Å². The Kier molecular flexibility index (Phi) is 5.93. The predicted molar refractivity (Wildman–Crippen MR) is 101 cm³/mol. The lowest BCUT2D eigenvalue weighted by atomic mass is 9.98. The first-order valence-electron chi connectivity index (χ1n) is 8.90. The summed E-state index contributed by atoms with van der Waals surface area (Å²) < 4.78 is 10.6. The van der Waals surface area contributed by atoms with Gasteiger partial charge in [-0.2, -0.15) is 5.10 Å². The van der Waals surface area contributed by atoms with Crippen molar-refractivity contribution < 1.29 is 24.2 Å². The molecule has 1 aliphatic rings. The number of methoxy groups -OCH3 is 2. The van der Waals surface area contributed by atoms with Crippen molar-refractivity contribution in [3.05, 3.63) is 59.7 Å². The number of carbonyl (C=O) groups is 2. The number of hydrogen-bond acceptors (Lipinski definition) is 6. The van der Waals surface area contributed by atoms with E-state index in [2.05, 4.69) is 5.10 Å². The Morgan fingerprint density at radius 1 is 1.07 bits per heavy atom. The number of carboxylic acids is 1. The molecular formula is C21H21N2O5-. The highest BCUT2D eigenvalue weighted by Crippen LogP contribution is 2.35. The largest absolute Gasteiger partial charge is 0.550 e. The van der Waals surface area contributed by atoms with E-state index < -0.39 is 5.97 Å². The van der Waals surface area contributed by atoms with Crippen molar-refractivity contribution in [2.45, 2.75) is 25.3 Å². The van der Waals surface area contributed by atoms with Crippen molar-refractivity contribution in [1.29, 1.82) is 0 Å². The van der Waals surface area contributed by atoms with Gasteiger partial charge in [-0.05, 0) is 30.2 Å². The Morgan fingerprint density at radius 2 is 1.79 bits per heavy atom. The monoisotopic (exact) mass is 381 g/mol. The van der Waals surface area contributed by atoms with Gasteiger partial charge in [0, 0.05) is 24.4 Å². The Bertz CT molecular complexity index is 895. The third-order valence-corrected chi connectivity index (χ3v) is 4.61. The molecule has 28 heavy (non-hydrogen) atoms. The molecule has 0 aromatic heterocycles. The Labute approximate surface area is 163 Å². The molecule has 0 unspecified atom stereocenters. The van der Waals surface area contributed by atoms with Crippen molar-refractivity contribution in [2.24, 2.45) is 5.10 Å². The standard InChI is InChI=1S/C21H22N2O5/c1-27-18-9-8-15(12-19(18)28-2)16-13-17(14-6-4-3-5-7-14)23(22-16)20(24)10-11-21(25)26/h3-9,12,17H,10-11,13H2,1-2H3,(H,25,26)/p-1/t17-/m1/s1. The molecule has 146 valence electrons. The van der Waals surface area contributed by atoms with E-state index in [9.17, 15) is 14.7 Å². The molecule has 1 atom stereocenters. The van der Waals surface area contributed by atoms with Crippen LogP contribution in [0.25, 0.3) is 0 Å². The van der Waals surface area contributed by atoms with Gasteiger partial charge in [-0.1, -0.05) is 30.3 Å². The molecule has 2 aromatic rings. The Morgan fingerprint density at radius 3 is 2.43 bits per heavy atom. The van der Waals surface area contributed by atoms with Crippen LogP contribution in [0.4, 0.5) is 0 Å². The minimum absolute atomic E-state index is 0.158. The lowest BCUT2D eigenvalue weighted by Crippen LogP contribution is -2.29. The predicted octanol–water partition coefficient (Wildman–Crippen LogP) is 1.91. The summed E-state index contributed by atoms with van der Waals surface area (Å²) in [6, 6.07) is 14.7. The van der Waals surface area contributed by atoms with Crippen LogP contribution < -0.4 is 14.6 Å². The van der Waals surface area contributed by atoms with Crippen LogP contribution in [0, 0.1) is 0 Å². The topological polar surface area (TPSA) is 91.3 Å². The molecule has 1 amide bonds. The van der Waals surface area contributed by atoms with E-state index in [1.165, 1.54) is 5.01 Å². The number of carboxylic acid groups (broad SMARTS) is 1. The second-order valence-electron chi connectivity index (χ2n) is 6.36. The Balaban J connectivity index is 1.93. The molecule has 0 aliphatic carbocycles. The molecule has 0 saturated carbocycles. The van der Waals surface area contributed by atoms with Crippen LogP contribution in [0.2, 0.25) is 0 Å². The fourth-order valence-electron chi connectivity index (χ4n) is 3.19. The zero-order valence-corrected chi connectivity index (χ0v) is 15.8. The fraction of sp³-hybridized carbons (Fsp3) is 0.286. The number of amides is 1. The van der Waals surface area contributed by atoms with Crippen LogP contribution in [0.3, 0.4) is 0 Å². The Hall–Kier alpha value is -3.35. The number of rotatable bonds is 7. The summed E-state index contributed by atoms with van der Waals surface area (Å²) in [5, 5.41) is 16.6. The summed E-state index contributed by atoms with van der Waals surface area (Å²) in [6.07, 6.45) is 0.0169. The van der Waals surface area contributed by atoms with Crippen molar-refractivity contribution in [3.63, 3.8) is 0 Å². The number of ether oxygens (including phenoxy) is 2. The average Bonchev–Trinajstić information content (AvgIpc) is 3.17. The van der Waals surface area contributed by atoms with Crippen molar-refractivity contribution in [3.8, 4) is 11.5 Å². The molecule has 1 heterocycles. The maximum Gasteiger partial charge on any atom is 0.243 e. The minimum atomic E-state index is -1.26. The highest BCUT2D eigenvalue weighted by atomic mass is 16.5. The van der Waals surface area contributed by atoms with E-state index in [-0.39, 0.29) is 24.8 Å². The average molecular weight is 381 g/mol. The molecule has 0 saturated heterocycles. The molecule has 3 rings (SSSR count). The molecule has 0 radical (unpaired) electrons. The van der Waals surface area contributed by atoms with Gasteiger partial charge in [0.05, 0.1) is 26.0 Å². The second kappa shape index (κ2) is 8.56. The molecule has 7 nitrogen and oxygen atoms in total. The zero-order valence-electron chi connectivity index (χ0n) is 15.8. The quantitative estimate of drug-likeness (QED) is 0.731. The van der Waals surface area contributed by atoms with Crippen LogP contribution in [-0.4, -0.2) is 36.8 Å². The van der Waals surface area contributed by atoms with E-state index in [4.69, 9.17) is 9.47 Å². The molecule has 0 bridgehead atoms. The van der Waals surface area contributed by atoms with Gasteiger partial charge in [0.25, 0.3) is 0 Å². The van der Waals surface area contributed by atoms with Gasteiger partial charge in [0.15, 0.2) is 11.5 Å². The lowest BCUT2D eigenvalue weighted by molar-refractivity contribution is -0.305. The summed E-state index contributed by atoms with van der Waals surface area (Å²) >= 11 is 0. The zero-order chi connectivity index (χ0) is 20.1. The summed E-state index contributed by atoms with van der Waals surface area (Å²) in [6.45, 7) is 0. The fourth-order valence-corrected chi connectivity index (χ4v) is 3.19. The van der Waals surface area contributed by atoms with E-state index >= 15 is 0 Å². The second-order valence-corrected chi connectivity index (χ2v) is 6.36. The molecule has 2 aromatic carbocycles. The van der Waals surface area contributed by atoms with Crippen molar-refractivity contribution in [2.75, 3.05) is 14.2 Å². The van der Waals surface area contributed by atoms with Crippen LogP contribution in [0.15, 0.2) is 53.6 Å². The normalized spacial score (nSPS) is 15.9. The number of nitrogens with zero attached hydrogens (tertiary/aromatic N) is 2. The van der Waals surface area contributed by atoms with Crippen LogP contribution in [0.1, 0.15) is 36.4 Å². The molecule has 7 heteroatoms. The first-order chi connectivity index (χ1) is 13.5. The van der Waals surface area contributed by atoms with Crippen molar-refractivity contribution in [1.82, 2.24) is 5.01 Å². The molecule has 0 fully saturated rings. The first-order valence-corrected chi connectivity index (χ1v) is 8.90. The summed E-state index contributed by atoms with van der Waals surface area (Å²) in [4.78, 5) is 23.4. The van der Waals surface area contributed by atoms with E-state index in [0.717, 1.165) is 16.8 Å². The van der Waals surface area contributed by atoms with Gasteiger partial charge in [-0.25, -0.2) is 5.01 Å². The summed E-state index contributed by atoms with van der Waals surface area (Å²) in [7, 11) is 3.12. The van der Waals surface area contributed by atoms with Crippen LogP contribution in [-0.2, 0) is 9.59 Å². The first kappa shape index (κ1) is 19.4. The third-order valence-electron chi connectivity index (χ3n) is 4.61. The number of carbonyl (C=O) groups excluding carboxylic acids is 2. The smallest absolute Gasteiger partial charge is 0.243 e. The van der Waals surface area contributed by atoms with Gasteiger partial charge in [0.1, 0.15) is 0 Å². The maximum absolute atomic E-state index is 12.6. The van der Waals surface area contributed by atoms with E-state index in [0.29, 0.717) is 17.9 Å². The molecule has 0 N–H and O–H groups in total. The van der Waals surface area contributed by atoms with Gasteiger partial charge < -0.3 is 19.4 Å². The number of hydrazone groups is 1. The summed E-state index contributed by atoms with van der Waals surface area (Å²) in [5.41, 5.74) is 2.47. The van der Waals surface area contributed by atoms with E-state index in [1.54, 1.807) is 20.3 Å². The minimum Gasteiger partial charge on any atom is -0.550 e. The number of aliphatic carboxylic acids is 1. The lowest BCUT2D eigenvalue weighted by Gasteiger charge is -2.22. The van der Waals surface area contributed by atoms with Gasteiger partial charge in [-0.3, -0.25) is 4.79 Å². The number of hydrogen-bond donors (Lipinski definition) is 0. The maximum atomic E-state index is 12.6. The molecular weight excluding hydrogens is 360 g/mol. The summed E-state index contributed by atoms with van der Waals surface area (Å²) in [5.74, 6) is -0.437. The number of benzene rings is 2. The molecule has 1 aliphatic heterocycles. The SMILES string of the molecule is COc1ccc(C2=NN(C(=O)CCC(=O)[O-])[C@@H](c3ccccc3)C2)cc1OC. The van der Waals surface area contributed by atoms with E-state index in [1.807, 2.05) is 42.5 Å². The van der Waals surface area contributed by atoms with Crippen LogP contribution in [0.5, 0.6) is 11.5 Å². The highest BCUT2D eigenvalue weighted by molar-refractivity contribution is 6.03. The van der Waals surface area contributed by atoms with Crippen molar-refractivity contribution >= 4 is 17.6 Å².